The van der Waals surface area contributed by atoms with E-state index in [0.29, 0.717) is 13.0 Å². The number of piperidine rings is 1. The van der Waals surface area contributed by atoms with Crippen molar-refractivity contribution in [2.24, 2.45) is 11.7 Å². The minimum atomic E-state index is -0.352. The fourth-order valence-electron chi connectivity index (χ4n) is 2.37. The molecule has 2 atom stereocenters. The zero-order valence-electron chi connectivity index (χ0n) is 8.74. The summed E-state index contributed by atoms with van der Waals surface area (Å²) < 4.78 is 0. The Morgan fingerprint density at radius 3 is 2.87 bits per heavy atom. The molecule has 0 aromatic rings. The molecule has 2 rings (SSSR count). The molecular weight excluding hydrogens is 194 g/mol. The smallest absolute Gasteiger partial charge is 0.223 e. The number of carbonyl (C=O) groups is 2. The van der Waals surface area contributed by atoms with Gasteiger partial charge in [0, 0.05) is 25.6 Å². The summed E-state index contributed by atoms with van der Waals surface area (Å²) in [4.78, 5) is 24.5. The fourth-order valence-corrected chi connectivity index (χ4v) is 2.37. The lowest BCUT2D eigenvalue weighted by atomic mass is 10.1. The van der Waals surface area contributed by atoms with E-state index in [4.69, 9.17) is 5.73 Å². The lowest BCUT2D eigenvalue weighted by Gasteiger charge is -2.31. The minimum absolute atomic E-state index is 0.0764. The van der Waals surface area contributed by atoms with Crippen molar-refractivity contribution in [3.63, 3.8) is 0 Å². The largest absolute Gasteiger partial charge is 0.369 e. The molecule has 5 nitrogen and oxygen atoms in total. The molecular formula is C10H17N3O2. The van der Waals surface area contributed by atoms with E-state index in [1.165, 1.54) is 0 Å². The van der Waals surface area contributed by atoms with Crippen LogP contribution in [0.4, 0.5) is 0 Å². The van der Waals surface area contributed by atoms with Gasteiger partial charge in [0.2, 0.25) is 11.8 Å². The van der Waals surface area contributed by atoms with Crippen LogP contribution < -0.4 is 11.1 Å². The van der Waals surface area contributed by atoms with Gasteiger partial charge in [-0.1, -0.05) is 0 Å². The molecule has 0 saturated carbocycles. The molecule has 2 aliphatic rings. The highest BCUT2D eigenvalue weighted by atomic mass is 16.2. The second-order valence-corrected chi connectivity index (χ2v) is 4.35. The maximum atomic E-state index is 11.7. The molecule has 2 amide bonds. The van der Waals surface area contributed by atoms with Gasteiger partial charge < -0.3 is 16.0 Å². The number of hydrogen-bond donors (Lipinski definition) is 2. The van der Waals surface area contributed by atoms with Crippen molar-refractivity contribution in [1.82, 2.24) is 10.2 Å². The first kappa shape index (κ1) is 10.4. The molecule has 0 bridgehead atoms. The molecule has 0 spiro atoms. The molecule has 0 aliphatic carbocycles. The Hall–Kier alpha value is -1.10. The molecule has 84 valence electrons. The van der Waals surface area contributed by atoms with Crippen molar-refractivity contribution < 1.29 is 9.59 Å². The van der Waals surface area contributed by atoms with Gasteiger partial charge >= 0.3 is 0 Å². The van der Waals surface area contributed by atoms with Crippen LogP contribution in [0.1, 0.15) is 19.3 Å². The second-order valence-electron chi connectivity index (χ2n) is 4.35. The SMILES string of the molecule is NC(=O)C1CC(=O)N([C@@H]2CCCNC2)C1. The number of carbonyl (C=O) groups excluding carboxylic acids is 2. The van der Waals surface area contributed by atoms with Crippen molar-refractivity contribution in [3.05, 3.63) is 0 Å². The summed E-state index contributed by atoms with van der Waals surface area (Å²) in [7, 11) is 0. The predicted octanol–water partition coefficient (Wildman–Crippen LogP) is -0.928. The zero-order valence-corrected chi connectivity index (χ0v) is 8.74. The van der Waals surface area contributed by atoms with Gasteiger partial charge in [0.05, 0.1) is 5.92 Å². The van der Waals surface area contributed by atoms with Crippen molar-refractivity contribution in [3.8, 4) is 0 Å². The molecule has 2 heterocycles. The van der Waals surface area contributed by atoms with E-state index in [2.05, 4.69) is 5.32 Å². The van der Waals surface area contributed by atoms with Crippen LogP contribution in [-0.2, 0) is 9.59 Å². The normalized spacial score (nSPS) is 32.0. The Kier molecular flexibility index (Phi) is 2.90. The summed E-state index contributed by atoms with van der Waals surface area (Å²) in [6.07, 6.45) is 2.42. The Labute approximate surface area is 89.0 Å². The third-order valence-electron chi connectivity index (χ3n) is 3.27. The highest BCUT2D eigenvalue weighted by molar-refractivity contribution is 5.88. The van der Waals surface area contributed by atoms with Crippen LogP contribution >= 0.6 is 0 Å². The van der Waals surface area contributed by atoms with Gasteiger partial charge in [0.25, 0.3) is 0 Å². The topological polar surface area (TPSA) is 75.4 Å². The summed E-state index contributed by atoms with van der Waals surface area (Å²) in [5, 5.41) is 3.27. The number of nitrogens with zero attached hydrogens (tertiary/aromatic N) is 1. The number of nitrogens with one attached hydrogen (secondary N) is 1. The molecule has 0 aromatic heterocycles. The zero-order chi connectivity index (χ0) is 10.8. The first-order valence-electron chi connectivity index (χ1n) is 5.48. The van der Waals surface area contributed by atoms with E-state index in [-0.39, 0.29) is 23.8 Å². The third kappa shape index (κ3) is 2.12. The highest BCUT2D eigenvalue weighted by Gasteiger charge is 2.37. The van der Waals surface area contributed by atoms with Crippen LogP contribution in [0, 0.1) is 5.92 Å². The van der Waals surface area contributed by atoms with Gasteiger partial charge in [-0.2, -0.15) is 0 Å². The van der Waals surface area contributed by atoms with Gasteiger partial charge in [0.1, 0.15) is 0 Å². The summed E-state index contributed by atoms with van der Waals surface area (Å²) >= 11 is 0. The van der Waals surface area contributed by atoms with E-state index in [9.17, 15) is 9.59 Å². The average molecular weight is 211 g/mol. The summed E-state index contributed by atoms with van der Waals surface area (Å²) in [5.74, 6) is -0.554. The van der Waals surface area contributed by atoms with E-state index in [0.717, 1.165) is 25.9 Å². The first-order valence-corrected chi connectivity index (χ1v) is 5.48. The number of amides is 2. The van der Waals surface area contributed by atoms with Crippen LogP contribution in [0.5, 0.6) is 0 Å². The number of rotatable bonds is 2. The van der Waals surface area contributed by atoms with E-state index >= 15 is 0 Å². The molecule has 3 N–H and O–H groups in total. The Morgan fingerprint density at radius 2 is 2.33 bits per heavy atom. The number of hydrogen-bond acceptors (Lipinski definition) is 3. The van der Waals surface area contributed by atoms with Gasteiger partial charge in [0.15, 0.2) is 0 Å². The number of nitrogens with two attached hydrogens (primary N) is 1. The van der Waals surface area contributed by atoms with Crippen LogP contribution in [0.15, 0.2) is 0 Å². The van der Waals surface area contributed by atoms with Crippen molar-refractivity contribution in [2.45, 2.75) is 25.3 Å². The van der Waals surface area contributed by atoms with E-state index in [1.54, 1.807) is 0 Å². The minimum Gasteiger partial charge on any atom is -0.369 e. The fraction of sp³-hybridized carbons (Fsp3) is 0.800. The highest BCUT2D eigenvalue weighted by Crippen LogP contribution is 2.22. The summed E-state index contributed by atoms with van der Waals surface area (Å²) in [6, 6.07) is 0.260. The number of likely N-dealkylation sites (tertiary alicyclic amines) is 1. The second kappa shape index (κ2) is 4.18. The van der Waals surface area contributed by atoms with E-state index in [1.807, 2.05) is 4.90 Å². The Bertz CT molecular complexity index is 274. The van der Waals surface area contributed by atoms with Crippen LogP contribution in [0.25, 0.3) is 0 Å². The standard InChI is InChI=1S/C10H17N3O2/c11-10(15)7-4-9(14)13(6-7)8-2-1-3-12-5-8/h7-8,12H,1-6H2,(H2,11,15)/t7?,8-/m1/s1. The molecule has 2 fully saturated rings. The van der Waals surface area contributed by atoms with Crippen LogP contribution in [-0.4, -0.2) is 42.4 Å². The van der Waals surface area contributed by atoms with Crippen molar-refractivity contribution in [1.29, 1.82) is 0 Å². The third-order valence-corrected chi connectivity index (χ3v) is 3.27. The van der Waals surface area contributed by atoms with Crippen LogP contribution in [0.3, 0.4) is 0 Å². The van der Waals surface area contributed by atoms with Gasteiger partial charge in [-0.15, -0.1) is 0 Å². The first-order chi connectivity index (χ1) is 7.18. The summed E-state index contributed by atoms with van der Waals surface area (Å²) in [5.41, 5.74) is 5.22. The maximum Gasteiger partial charge on any atom is 0.223 e. The van der Waals surface area contributed by atoms with Gasteiger partial charge in [-0.25, -0.2) is 0 Å². The molecule has 1 unspecified atom stereocenters. The molecule has 5 heteroatoms. The quantitative estimate of drug-likeness (QED) is 0.620. The lowest BCUT2D eigenvalue weighted by molar-refractivity contribution is -0.130. The van der Waals surface area contributed by atoms with Crippen LogP contribution in [0.2, 0.25) is 0 Å². The van der Waals surface area contributed by atoms with Crippen molar-refractivity contribution in [2.75, 3.05) is 19.6 Å². The van der Waals surface area contributed by atoms with E-state index < -0.39 is 0 Å². The van der Waals surface area contributed by atoms with Gasteiger partial charge in [-0.3, -0.25) is 9.59 Å². The molecule has 2 aliphatic heterocycles. The average Bonchev–Trinajstić information content (AvgIpc) is 2.62. The molecule has 0 aromatic carbocycles. The van der Waals surface area contributed by atoms with Gasteiger partial charge in [-0.05, 0) is 19.4 Å². The number of primary amides is 1. The molecule has 15 heavy (non-hydrogen) atoms. The van der Waals surface area contributed by atoms with Crippen molar-refractivity contribution >= 4 is 11.8 Å². The Balaban J connectivity index is 1.97. The lowest BCUT2D eigenvalue weighted by Crippen LogP contribution is -2.47. The monoisotopic (exact) mass is 211 g/mol. The molecule has 0 radical (unpaired) electrons. The molecule has 2 saturated heterocycles. The Morgan fingerprint density at radius 1 is 1.53 bits per heavy atom. The maximum absolute atomic E-state index is 11.7. The summed E-state index contributed by atoms with van der Waals surface area (Å²) in [6.45, 7) is 2.38. The predicted molar refractivity (Wildman–Crippen MR) is 54.9 cm³/mol.